The van der Waals surface area contributed by atoms with Gasteiger partial charge in [0, 0.05) is 15.1 Å². The first-order valence-corrected chi connectivity index (χ1v) is 10.1. The van der Waals surface area contributed by atoms with Crippen molar-refractivity contribution < 1.29 is 23.8 Å². The van der Waals surface area contributed by atoms with Crippen molar-refractivity contribution in [3.63, 3.8) is 0 Å². The van der Waals surface area contributed by atoms with E-state index < -0.39 is 17.0 Å². The second-order valence-electron chi connectivity index (χ2n) is 5.78. The zero-order chi connectivity index (χ0) is 20.4. The van der Waals surface area contributed by atoms with Gasteiger partial charge in [0.2, 0.25) is 0 Å². The van der Waals surface area contributed by atoms with E-state index in [1.807, 2.05) is 0 Å². The molecule has 1 aliphatic rings. The van der Waals surface area contributed by atoms with Crippen LogP contribution in [0.15, 0.2) is 39.7 Å². The Hall–Kier alpha value is -2.03. The van der Waals surface area contributed by atoms with Crippen molar-refractivity contribution >= 4 is 56.5 Å². The minimum Gasteiger partial charge on any atom is -0.504 e. The van der Waals surface area contributed by atoms with Gasteiger partial charge in [-0.15, -0.1) is 0 Å². The molecule has 1 N–H and O–H groups in total. The molecule has 9 heteroatoms. The van der Waals surface area contributed by atoms with Crippen LogP contribution in [0, 0.1) is 5.82 Å². The zero-order valence-corrected chi connectivity index (χ0v) is 17.7. The van der Waals surface area contributed by atoms with E-state index in [4.69, 9.17) is 16.3 Å². The van der Waals surface area contributed by atoms with Crippen LogP contribution in [0.25, 0.3) is 6.08 Å². The number of thioether (sulfide) groups is 1. The van der Waals surface area contributed by atoms with Crippen molar-refractivity contribution in [2.45, 2.75) is 13.5 Å². The first-order valence-electron chi connectivity index (χ1n) is 8.14. The molecule has 1 saturated heterocycles. The van der Waals surface area contributed by atoms with Crippen molar-refractivity contribution in [2.75, 3.05) is 6.61 Å². The van der Waals surface area contributed by atoms with Gasteiger partial charge in [0.1, 0.15) is 5.82 Å². The maximum absolute atomic E-state index is 13.2. The van der Waals surface area contributed by atoms with E-state index in [9.17, 15) is 19.1 Å². The predicted molar refractivity (Wildman–Crippen MR) is 110 cm³/mol. The number of ether oxygens (including phenoxy) is 1. The van der Waals surface area contributed by atoms with Crippen molar-refractivity contribution in [1.29, 1.82) is 0 Å². The number of carbonyl (C=O) groups excluding carboxylic acids is 2. The van der Waals surface area contributed by atoms with Crippen LogP contribution in [-0.2, 0) is 11.3 Å². The third kappa shape index (κ3) is 4.34. The highest BCUT2D eigenvalue weighted by molar-refractivity contribution is 9.10. The predicted octanol–water partition coefficient (Wildman–Crippen LogP) is 5.58. The number of nitrogens with zero attached hydrogens (tertiary/aromatic N) is 1. The number of carbonyl (C=O) groups is 2. The molecule has 0 bridgehead atoms. The summed E-state index contributed by atoms with van der Waals surface area (Å²) in [6, 6.07) is 6.99. The first-order chi connectivity index (χ1) is 13.3. The van der Waals surface area contributed by atoms with Gasteiger partial charge in [-0.05, 0) is 54.6 Å². The van der Waals surface area contributed by atoms with Crippen molar-refractivity contribution in [3.05, 3.63) is 61.7 Å². The molecular weight excluding hydrogens is 473 g/mol. The molecule has 28 heavy (non-hydrogen) atoms. The Kier molecular flexibility index (Phi) is 6.32. The minimum atomic E-state index is -0.521. The maximum atomic E-state index is 13.2. The fraction of sp³-hybridized carbons (Fsp3) is 0.158. The second-order valence-corrected chi connectivity index (χ2v) is 8.09. The van der Waals surface area contributed by atoms with Gasteiger partial charge in [-0.3, -0.25) is 14.5 Å². The van der Waals surface area contributed by atoms with Crippen LogP contribution >= 0.6 is 39.3 Å². The number of imide groups is 1. The molecule has 2 aromatic rings. The first kappa shape index (κ1) is 20.7. The monoisotopic (exact) mass is 485 g/mol. The highest BCUT2D eigenvalue weighted by Crippen LogP contribution is 2.39. The summed E-state index contributed by atoms with van der Waals surface area (Å²) in [4.78, 5) is 26.2. The van der Waals surface area contributed by atoms with E-state index in [-0.39, 0.29) is 28.0 Å². The molecule has 5 nitrogen and oxygen atoms in total. The van der Waals surface area contributed by atoms with Crippen LogP contribution < -0.4 is 4.74 Å². The molecule has 1 aliphatic heterocycles. The number of rotatable bonds is 5. The number of halogens is 3. The summed E-state index contributed by atoms with van der Waals surface area (Å²) >= 11 is 10.1. The van der Waals surface area contributed by atoms with E-state index >= 15 is 0 Å². The number of phenolic OH excluding ortho intramolecular Hbond substituents is 1. The van der Waals surface area contributed by atoms with Crippen molar-refractivity contribution in [2.24, 2.45) is 0 Å². The summed E-state index contributed by atoms with van der Waals surface area (Å²) in [6.45, 7) is 2.07. The molecule has 2 aromatic carbocycles. The summed E-state index contributed by atoms with van der Waals surface area (Å²) in [5.74, 6) is -0.885. The molecule has 0 radical (unpaired) electrons. The van der Waals surface area contributed by atoms with Gasteiger partial charge in [-0.2, -0.15) is 0 Å². The van der Waals surface area contributed by atoms with Gasteiger partial charge >= 0.3 is 0 Å². The Morgan fingerprint density at radius 3 is 2.75 bits per heavy atom. The number of hydrogen-bond donors (Lipinski definition) is 1. The van der Waals surface area contributed by atoms with E-state index in [1.54, 1.807) is 19.1 Å². The number of amides is 2. The van der Waals surface area contributed by atoms with Gasteiger partial charge in [-0.25, -0.2) is 4.39 Å². The summed E-state index contributed by atoms with van der Waals surface area (Å²) in [5.41, 5.74) is 0.790. The Balaban J connectivity index is 1.89. The van der Waals surface area contributed by atoms with Gasteiger partial charge < -0.3 is 9.84 Å². The number of hydrogen-bond acceptors (Lipinski definition) is 5. The van der Waals surface area contributed by atoms with Crippen molar-refractivity contribution in [3.8, 4) is 11.5 Å². The normalized spacial score (nSPS) is 15.6. The number of aromatic hydroxyl groups is 1. The second kappa shape index (κ2) is 8.55. The molecule has 0 aromatic heterocycles. The number of benzene rings is 2. The molecule has 0 aliphatic carbocycles. The van der Waals surface area contributed by atoms with E-state index in [0.29, 0.717) is 22.2 Å². The average molecular weight is 487 g/mol. The quantitative estimate of drug-likeness (QED) is 0.559. The largest absolute Gasteiger partial charge is 0.504 e. The summed E-state index contributed by atoms with van der Waals surface area (Å²) in [5, 5.41) is 10.0. The van der Waals surface area contributed by atoms with Crippen LogP contribution in [0.3, 0.4) is 0 Å². The standard InChI is InChI=1S/C19H14BrClFNO4S/c1-2-27-15-7-12(20)5-11(17(15)24)6-16-18(25)23(19(26)28-16)9-10-3-4-13(22)8-14(10)21/h3-8,24H,2,9H2,1H3/b16-6-. The van der Waals surface area contributed by atoms with Gasteiger partial charge in [0.05, 0.1) is 18.1 Å². The van der Waals surface area contributed by atoms with Crippen LogP contribution in [0.1, 0.15) is 18.1 Å². The molecule has 1 heterocycles. The van der Waals surface area contributed by atoms with Gasteiger partial charge in [0.25, 0.3) is 11.1 Å². The minimum absolute atomic E-state index is 0.0736. The highest BCUT2D eigenvalue weighted by Gasteiger charge is 2.35. The Morgan fingerprint density at radius 1 is 1.32 bits per heavy atom. The van der Waals surface area contributed by atoms with E-state index in [2.05, 4.69) is 15.9 Å². The fourth-order valence-corrected chi connectivity index (χ4v) is 4.08. The molecule has 0 unspecified atom stereocenters. The van der Waals surface area contributed by atoms with E-state index in [1.165, 1.54) is 18.2 Å². The third-order valence-corrected chi connectivity index (χ3v) is 5.59. The smallest absolute Gasteiger partial charge is 0.293 e. The molecular formula is C19H14BrClFNO4S. The molecule has 1 fully saturated rings. The Labute approximate surface area is 178 Å². The van der Waals surface area contributed by atoms with Gasteiger partial charge in [0.15, 0.2) is 11.5 Å². The van der Waals surface area contributed by atoms with Crippen LogP contribution in [-0.4, -0.2) is 27.8 Å². The fourth-order valence-electron chi connectivity index (χ4n) is 2.57. The summed E-state index contributed by atoms with van der Waals surface area (Å²) in [6.07, 6.45) is 1.43. The maximum Gasteiger partial charge on any atom is 0.293 e. The molecule has 0 saturated carbocycles. The molecule has 146 valence electrons. The van der Waals surface area contributed by atoms with Crippen molar-refractivity contribution in [1.82, 2.24) is 4.90 Å². The number of phenols is 1. The van der Waals surface area contributed by atoms with Crippen LogP contribution in [0.5, 0.6) is 11.5 Å². The molecule has 2 amide bonds. The van der Waals surface area contributed by atoms with Crippen LogP contribution in [0.2, 0.25) is 5.02 Å². The Bertz CT molecular complexity index is 998. The lowest BCUT2D eigenvalue weighted by Crippen LogP contribution is -2.27. The molecule has 3 rings (SSSR count). The zero-order valence-electron chi connectivity index (χ0n) is 14.5. The average Bonchev–Trinajstić information content (AvgIpc) is 2.88. The lowest BCUT2D eigenvalue weighted by Gasteiger charge is -2.13. The van der Waals surface area contributed by atoms with Gasteiger partial charge in [-0.1, -0.05) is 33.6 Å². The van der Waals surface area contributed by atoms with E-state index in [0.717, 1.165) is 22.7 Å². The summed E-state index contributed by atoms with van der Waals surface area (Å²) < 4.78 is 19.2. The van der Waals surface area contributed by atoms with Crippen LogP contribution in [0.4, 0.5) is 9.18 Å². The summed E-state index contributed by atoms with van der Waals surface area (Å²) in [7, 11) is 0. The molecule has 0 atom stereocenters. The lowest BCUT2D eigenvalue weighted by atomic mass is 10.1. The highest BCUT2D eigenvalue weighted by atomic mass is 79.9. The SMILES string of the molecule is CCOc1cc(Br)cc(/C=C2\SC(=O)N(Cc3ccc(F)cc3Cl)C2=O)c1O. The lowest BCUT2D eigenvalue weighted by molar-refractivity contribution is -0.123. The third-order valence-electron chi connectivity index (χ3n) is 3.87. The molecule has 0 spiro atoms. The topological polar surface area (TPSA) is 66.8 Å². The Morgan fingerprint density at radius 2 is 2.07 bits per heavy atom.